The van der Waals surface area contributed by atoms with Gasteiger partial charge in [-0.05, 0) is 24.1 Å². The molecule has 82 valence electrons. The Balaban J connectivity index is 2.88. The third-order valence-electron chi connectivity index (χ3n) is 1.88. The Morgan fingerprint density at radius 2 is 2.27 bits per heavy atom. The van der Waals surface area contributed by atoms with Crippen LogP contribution in [0.5, 0.6) is 11.5 Å². The second-order valence-corrected chi connectivity index (χ2v) is 3.02. The molecular formula is C10H13NO4. The number of rotatable bonds is 3. The maximum atomic E-state index is 11.1. The molecule has 0 aliphatic carbocycles. The van der Waals surface area contributed by atoms with Crippen molar-refractivity contribution in [2.75, 3.05) is 7.11 Å². The van der Waals surface area contributed by atoms with Gasteiger partial charge in [0, 0.05) is 0 Å². The van der Waals surface area contributed by atoms with Gasteiger partial charge >= 0.3 is 5.97 Å². The number of methoxy groups -OCH3 is 1. The van der Waals surface area contributed by atoms with Gasteiger partial charge in [-0.15, -0.1) is 0 Å². The largest absolute Gasteiger partial charge is 0.504 e. The molecule has 0 spiro atoms. The summed E-state index contributed by atoms with van der Waals surface area (Å²) in [7, 11) is 1.15. The van der Waals surface area contributed by atoms with E-state index >= 15 is 0 Å². The second kappa shape index (κ2) is 4.65. The molecule has 0 saturated carbocycles. The fourth-order valence-electron chi connectivity index (χ4n) is 1.10. The fourth-order valence-corrected chi connectivity index (χ4v) is 1.10. The van der Waals surface area contributed by atoms with Gasteiger partial charge in [-0.25, -0.2) is 0 Å². The minimum atomic E-state index is -1.90. The highest BCUT2D eigenvalue weighted by molar-refractivity contribution is 5.75. The number of phenols is 2. The molecule has 1 aromatic carbocycles. The Bertz CT molecular complexity index is 406. The zero-order chi connectivity index (χ0) is 12.3. The maximum absolute atomic E-state index is 11.1. The number of aromatic hydroxyl groups is 2. The Hall–Kier alpha value is -1.75. The highest BCUT2D eigenvalue weighted by Gasteiger charge is 2.14. The van der Waals surface area contributed by atoms with Gasteiger partial charge in [-0.2, -0.15) is 0 Å². The van der Waals surface area contributed by atoms with E-state index in [9.17, 15) is 9.90 Å². The molecule has 0 aliphatic heterocycles. The molecule has 0 radical (unpaired) electrons. The van der Waals surface area contributed by atoms with Crippen molar-refractivity contribution in [1.82, 2.24) is 0 Å². The minimum Gasteiger partial charge on any atom is -0.504 e. The van der Waals surface area contributed by atoms with Crippen molar-refractivity contribution in [1.29, 1.82) is 0 Å². The van der Waals surface area contributed by atoms with E-state index in [0.29, 0.717) is 5.56 Å². The third-order valence-corrected chi connectivity index (χ3v) is 1.88. The summed E-state index contributed by atoms with van der Waals surface area (Å²) in [5.41, 5.74) is 5.90. The molecule has 0 aromatic heterocycles. The normalized spacial score (nSPS) is 15.2. The molecule has 0 aliphatic rings. The van der Waals surface area contributed by atoms with Gasteiger partial charge in [0.05, 0.1) is 8.48 Å². The zero-order valence-corrected chi connectivity index (χ0v) is 8.23. The third kappa shape index (κ3) is 2.85. The molecule has 0 saturated heterocycles. The van der Waals surface area contributed by atoms with Crippen LogP contribution in [0.3, 0.4) is 0 Å². The quantitative estimate of drug-likeness (QED) is 0.489. The van der Waals surface area contributed by atoms with Crippen LogP contribution in [0.1, 0.15) is 6.93 Å². The SMILES string of the molecule is [2H][C@@](N)(Cc1ccc(O)c(O)c1)C(=O)OC. The lowest BCUT2D eigenvalue weighted by atomic mass is 10.1. The number of benzene rings is 1. The van der Waals surface area contributed by atoms with Gasteiger partial charge in [-0.1, -0.05) is 6.07 Å². The fraction of sp³-hybridized carbons (Fsp3) is 0.300. The number of nitrogens with two attached hydrogens (primary N) is 1. The summed E-state index contributed by atoms with van der Waals surface area (Å²) in [4.78, 5) is 11.1. The molecule has 4 N–H and O–H groups in total. The maximum Gasteiger partial charge on any atom is 0.322 e. The molecule has 0 bridgehead atoms. The van der Waals surface area contributed by atoms with Crippen molar-refractivity contribution in [2.24, 2.45) is 5.73 Å². The second-order valence-electron chi connectivity index (χ2n) is 3.02. The van der Waals surface area contributed by atoms with Gasteiger partial charge in [0.1, 0.15) is 6.02 Å². The van der Waals surface area contributed by atoms with Crippen molar-refractivity contribution < 1.29 is 21.1 Å². The number of ether oxygens (including phenoxy) is 1. The van der Waals surface area contributed by atoms with Crippen LogP contribution in [0.15, 0.2) is 18.2 Å². The van der Waals surface area contributed by atoms with Gasteiger partial charge in [0.25, 0.3) is 0 Å². The summed E-state index contributed by atoms with van der Waals surface area (Å²) in [5.74, 6) is -1.45. The molecule has 5 heteroatoms. The Morgan fingerprint density at radius 3 is 2.80 bits per heavy atom. The summed E-state index contributed by atoms with van der Waals surface area (Å²) >= 11 is 0. The summed E-state index contributed by atoms with van der Waals surface area (Å²) in [6.45, 7) is 0. The standard InChI is InChI=1S/C10H13NO4/c1-15-10(14)7(11)4-6-2-3-8(12)9(13)5-6/h2-3,5,7,12-13H,4,11H2,1H3/t7-/m1/s1/i7D. The number of phenolic OH excluding ortho intramolecular Hbond substituents is 2. The van der Waals surface area contributed by atoms with E-state index in [1.807, 2.05) is 0 Å². The van der Waals surface area contributed by atoms with Crippen LogP contribution in [0.25, 0.3) is 0 Å². The van der Waals surface area contributed by atoms with E-state index in [0.717, 1.165) is 7.11 Å². The molecule has 5 nitrogen and oxygen atoms in total. The first kappa shape index (κ1) is 9.79. The van der Waals surface area contributed by atoms with Crippen LogP contribution in [0, 0.1) is 0 Å². The Morgan fingerprint density at radius 1 is 1.60 bits per heavy atom. The molecule has 0 heterocycles. The van der Waals surface area contributed by atoms with Crippen LogP contribution in [0.4, 0.5) is 0 Å². The Kier molecular flexibility index (Phi) is 3.04. The monoisotopic (exact) mass is 212 g/mol. The van der Waals surface area contributed by atoms with Crippen molar-refractivity contribution in [2.45, 2.75) is 12.4 Å². The zero-order valence-electron chi connectivity index (χ0n) is 9.23. The number of carbonyl (C=O) groups excluding carboxylic acids is 1. The predicted molar refractivity (Wildman–Crippen MR) is 53.5 cm³/mol. The molecule has 1 atom stereocenters. The number of hydrogen-bond donors (Lipinski definition) is 3. The van der Waals surface area contributed by atoms with Crippen LogP contribution in [0.2, 0.25) is 0 Å². The van der Waals surface area contributed by atoms with Gasteiger partial charge in [0.15, 0.2) is 11.5 Å². The average molecular weight is 212 g/mol. The Labute approximate surface area is 88.5 Å². The molecule has 1 rings (SSSR count). The van der Waals surface area contributed by atoms with Crippen molar-refractivity contribution >= 4 is 5.97 Å². The van der Waals surface area contributed by atoms with Crippen LogP contribution < -0.4 is 5.73 Å². The van der Waals surface area contributed by atoms with Crippen molar-refractivity contribution in [3.8, 4) is 11.5 Å². The van der Waals surface area contributed by atoms with E-state index in [1.54, 1.807) is 0 Å². The molecule has 15 heavy (non-hydrogen) atoms. The van der Waals surface area contributed by atoms with Crippen molar-refractivity contribution in [3.63, 3.8) is 0 Å². The lowest BCUT2D eigenvalue weighted by Gasteiger charge is -2.09. The molecule has 1 aromatic rings. The van der Waals surface area contributed by atoms with Crippen molar-refractivity contribution in [3.05, 3.63) is 23.8 Å². The van der Waals surface area contributed by atoms with Crippen LogP contribution in [-0.2, 0) is 16.0 Å². The molecule has 0 fully saturated rings. The first-order valence-corrected chi connectivity index (χ1v) is 4.25. The summed E-state index contributed by atoms with van der Waals surface area (Å²) in [6.07, 6.45) is -0.118. The predicted octanol–water partition coefficient (Wildman–Crippen LogP) is 0.141. The number of carbonyl (C=O) groups is 1. The first-order valence-electron chi connectivity index (χ1n) is 4.75. The number of esters is 1. The number of hydrogen-bond acceptors (Lipinski definition) is 5. The smallest absolute Gasteiger partial charge is 0.322 e. The van der Waals surface area contributed by atoms with E-state index in [2.05, 4.69) is 4.74 Å². The minimum absolute atomic E-state index is 0.118. The first-order chi connectivity index (χ1) is 7.36. The topological polar surface area (TPSA) is 92.8 Å². The lowest BCUT2D eigenvalue weighted by Crippen LogP contribution is -2.33. The summed E-state index contributed by atoms with van der Waals surface area (Å²) in [5, 5.41) is 18.3. The van der Waals surface area contributed by atoms with E-state index < -0.39 is 12.0 Å². The van der Waals surface area contributed by atoms with E-state index in [4.69, 9.17) is 12.2 Å². The summed E-state index contributed by atoms with van der Waals surface area (Å²) in [6, 6.07) is 2.07. The average Bonchev–Trinajstić information content (AvgIpc) is 2.22. The summed E-state index contributed by atoms with van der Waals surface area (Å²) < 4.78 is 11.9. The van der Waals surface area contributed by atoms with E-state index in [-0.39, 0.29) is 17.9 Å². The van der Waals surface area contributed by atoms with Gasteiger partial charge in [-0.3, -0.25) is 4.79 Å². The lowest BCUT2D eigenvalue weighted by molar-refractivity contribution is -0.142. The molecule has 0 amide bonds. The molecule has 0 unspecified atom stereocenters. The van der Waals surface area contributed by atoms with Crippen LogP contribution >= 0.6 is 0 Å². The highest BCUT2D eigenvalue weighted by Crippen LogP contribution is 2.25. The van der Waals surface area contributed by atoms with Crippen LogP contribution in [-0.4, -0.2) is 29.3 Å². The highest BCUT2D eigenvalue weighted by atomic mass is 16.5. The van der Waals surface area contributed by atoms with Gasteiger partial charge in [0.2, 0.25) is 0 Å². The van der Waals surface area contributed by atoms with Gasteiger partial charge < -0.3 is 20.7 Å². The molecular weight excluding hydrogens is 198 g/mol. The van der Waals surface area contributed by atoms with E-state index in [1.165, 1.54) is 18.2 Å².